The van der Waals surface area contributed by atoms with Crippen LogP contribution in [0.25, 0.3) is 10.8 Å². The molecule has 0 aliphatic rings. The first-order chi connectivity index (χ1) is 13.7. The number of fused-ring (bicyclic) bond motifs is 1. The summed E-state index contributed by atoms with van der Waals surface area (Å²) in [5.74, 6) is 1.70. The van der Waals surface area contributed by atoms with E-state index < -0.39 is 0 Å². The van der Waals surface area contributed by atoms with Gasteiger partial charge < -0.3 is 9.47 Å². The Morgan fingerprint density at radius 1 is 0.571 bits per heavy atom. The topological polar surface area (TPSA) is 18.5 Å². The van der Waals surface area contributed by atoms with Crippen LogP contribution in [0.1, 0.15) is 11.1 Å². The molecular weight excluding hydrogens is 574 g/mol. The molecule has 0 spiro atoms. The van der Waals surface area contributed by atoms with Crippen molar-refractivity contribution in [3.8, 4) is 11.5 Å². The van der Waals surface area contributed by atoms with Gasteiger partial charge in [-0.25, -0.2) is 0 Å². The van der Waals surface area contributed by atoms with Gasteiger partial charge in [-0.2, -0.15) is 0 Å². The summed E-state index contributed by atoms with van der Waals surface area (Å²) in [6.07, 6.45) is 0. The molecule has 4 rings (SSSR count). The third-order valence-corrected chi connectivity index (χ3v) is 5.63. The molecule has 0 heterocycles. The normalized spacial score (nSPS) is 10.8. The van der Waals surface area contributed by atoms with Crippen LogP contribution in [-0.2, 0) is 13.2 Å². The van der Waals surface area contributed by atoms with Gasteiger partial charge in [0.25, 0.3) is 0 Å². The highest BCUT2D eigenvalue weighted by Crippen LogP contribution is 2.38. The van der Waals surface area contributed by atoms with E-state index >= 15 is 0 Å². The molecule has 2 nitrogen and oxygen atoms in total. The molecule has 0 saturated carbocycles. The molecule has 0 N–H and O–H groups in total. The molecule has 0 fully saturated rings. The second kappa shape index (κ2) is 9.13. The molecule has 0 unspecified atom stereocenters. The minimum Gasteiger partial charge on any atom is -0.488 e. The van der Waals surface area contributed by atoms with E-state index in [0.29, 0.717) is 13.2 Å². The molecule has 0 aliphatic heterocycles. The van der Waals surface area contributed by atoms with E-state index in [4.69, 9.17) is 9.47 Å². The van der Waals surface area contributed by atoms with Crippen molar-refractivity contribution in [3.63, 3.8) is 0 Å². The average Bonchev–Trinajstić information content (AvgIpc) is 2.71. The number of hydrogen-bond donors (Lipinski definition) is 0. The lowest BCUT2D eigenvalue weighted by atomic mass is 10.1. The summed E-state index contributed by atoms with van der Waals surface area (Å²) in [5.41, 5.74) is 2.29. The minimum atomic E-state index is 0.528. The third-order valence-electron chi connectivity index (χ3n) is 4.38. The summed E-state index contributed by atoms with van der Waals surface area (Å²) >= 11 is 4.68. The maximum absolute atomic E-state index is 6.23. The first-order valence-corrected chi connectivity index (χ1v) is 11.1. The molecule has 4 aromatic rings. The van der Waals surface area contributed by atoms with Gasteiger partial charge in [0.1, 0.15) is 24.7 Å². The van der Waals surface area contributed by atoms with Gasteiger partial charge in [0.15, 0.2) is 0 Å². The summed E-state index contributed by atoms with van der Waals surface area (Å²) in [6, 6.07) is 28.9. The van der Waals surface area contributed by atoms with Gasteiger partial charge in [0.2, 0.25) is 0 Å². The minimum absolute atomic E-state index is 0.528. The Hall–Kier alpha value is -1.80. The lowest BCUT2D eigenvalue weighted by Gasteiger charge is -2.15. The van der Waals surface area contributed by atoms with Crippen LogP contribution in [0.5, 0.6) is 11.5 Å². The van der Waals surface area contributed by atoms with Crippen molar-refractivity contribution in [2.45, 2.75) is 13.2 Å². The van der Waals surface area contributed by atoms with Crippen LogP contribution >= 0.6 is 45.2 Å². The molecule has 0 radical (unpaired) electrons. The van der Waals surface area contributed by atoms with Crippen LogP contribution < -0.4 is 9.47 Å². The third kappa shape index (κ3) is 4.78. The number of hydrogen-bond acceptors (Lipinski definition) is 2. The average molecular weight is 592 g/mol. The molecule has 28 heavy (non-hydrogen) atoms. The molecular formula is C24H18I2O2. The molecule has 0 aliphatic carbocycles. The Labute approximate surface area is 192 Å². The Balaban J connectivity index is 1.69. The molecule has 4 aromatic carbocycles. The first-order valence-electron chi connectivity index (χ1n) is 8.95. The van der Waals surface area contributed by atoms with Gasteiger partial charge in [-0.1, -0.05) is 60.7 Å². The lowest BCUT2D eigenvalue weighted by Crippen LogP contribution is -2.00. The quantitative estimate of drug-likeness (QED) is 0.221. The van der Waals surface area contributed by atoms with E-state index in [1.807, 2.05) is 36.4 Å². The van der Waals surface area contributed by atoms with Crippen molar-refractivity contribution in [1.82, 2.24) is 0 Å². The Morgan fingerprint density at radius 3 is 1.43 bits per heavy atom. The van der Waals surface area contributed by atoms with Crippen LogP contribution in [0.15, 0.2) is 84.9 Å². The number of rotatable bonds is 6. The van der Waals surface area contributed by atoms with Crippen LogP contribution in [0.4, 0.5) is 0 Å². The van der Waals surface area contributed by atoms with E-state index in [1.165, 1.54) is 0 Å². The zero-order chi connectivity index (χ0) is 19.3. The Morgan fingerprint density at radius 2 is 1.00 bits per heavy atom. The number of benzene rings is 4. The van der Waals surface area contributed by atoms with Gasteiger partial charge >= 0.3 is 0 Å². The first kappa shape index (κ1) is 19.5. The van der Waals surface area contributed by atoms with Crippen molar-refractivity contribution < 1.29 is 9.47 Å². The second-order valence-electron chi connectivity index (χ2n) is 6.45. The maximum atomic E-state index is 6.23. The van der Waals surface area contributed by atoms with Crippen molar-refractivity contribution in [2.75, 3.05) is 0 Å². The highest BCUT2D eigenvalue weighted by Gasteiger charge is 2.13. The van der Waals surface area contributed by atoms with Gasteiger partial charge in [-0.3, -0.25) is 0 Å². The zero-order valence-electron chi connectivity index (χ0n) is 15.1. The zero-order valence-corrected chi connectivity index (χ0v) is 19.4. The standard InChI is InChI=1S/C24H18I2O2/c25-20-11-19-12-21(26)14-23(28-16-18-9-5-2-6-10-18)24(19)22(13-20)27-15-17-7-3-1-4-8-17/h1-14H,15-16H2. The summed E-state index contributed by atoms with van der Waals surface area (Å²) in [5, 5.41) is 2.15. The van der Waals surface area contributed by atoms with E-state index in [-0.39, 0.29) is 0 Å². The van der Waals surface area contributed by atoms with Crippen LogP contribution in [-0.4, -0.2) is 0 Å². The predicted molar refractivity (Wildman–Crippen MR) is 131 cm³/mol. The lowest BCUT2D eigenvalue weighted by molar-refractivity contribution is 0.298. The second-order valence-corrected chi connectivity index (χ2v) is 8.95. The molecule has 0 aromatic heterocycles. The molecule has 0 bridgehead atoms. The van der Waals surface area contributed by atoms with Crippen molar-refractivity contribution in [2.24, 2.45) is 0 Å². The Bertz CT molecular complexity index is 996. The van der Waals surface area contributed by atoms with E-state index in [0.717, 1.165) is 40.5 Å². The van der Waals surface area contributed by atoms with Gasteiger partial charge in [0.05, 0.1) is 5.39 Å². The fourth-order valence-corrected chi connectivity index (χ4v) is 4.30. The van der Waals surface area contributed by atoms with Crippen LogP contribution in [0.3, 0.4) is 0 Å². The van der Waals surface area contributed by atoms with Crippen LogP contribution in [0.2, 0.25) is 0 Å². The fraction of sp³-hybridized carbons (Fsp3) is 0.0833. The summed E-state index contributed by atoms with van der Waals surface area (Å²) < 4.78 is 14.7. The van der Waals surface area contributed by atoms with E-state index in [1.54, 1.807) is 0 Å². The number of ether oxygens (including phenoxy) is 2. The highest BCUT2D eigenvalue weighted by atomic mass is 127. The summed E-state index contributed by atoms with van der Waals surface area (Å²) in [6.45, 7) is 1.06. The van der Waals surface area contributed by atoms with Crippen LogP contribution in [0, 0.1) is 7.14 Å². The molecule has 4 heteroatoms. The largest absolute Gasteiger partial charge is 0.488 e. The van der Waals surface area contributed by atoms with E-state index in [2.05, 4.69) is 93.7 Å². The summed E-state index contributed by atoms with van der Waals surface area (Å²) in [7, 11) is 0. The van der Waals surface area contributed by atoms with Crippen molar-refractivity contribution in [3.05, 3.63) is 103 Å². The predicted octanol–water partition coefficient (Wildman–Crippen LogP) is 7.21. The smallest absolute Gasteiger partial charge is 0.132 e. The molecule has 0 atom stereocenters. The van der Waals surface area contributed by atoms with Crippen molar-refractivity contribution >= 4 is 56.0 Å². The Kier molecular flexibility index (Phi) is 6.36. The van der Waals surface area contributed by atoms with Gasteiger partial charge in [0, 0.05) is 7.14 Å². The van der Waals surface area contributed by atoms with Gasteiger partial charge in [-0.05, 0) is 86.0 Å². The summed E-state index contributed by atoms with van der Waals surface area (Å²) in [4.78, 5) is 0. The molecule has 0 saturated heterocycles. The highest BCUT2D eigenvalue weighted by molar-refractivity contribution is 14.1. The van der Waals surface area contributed by atoms with Gasteiger partial charge in [-0.15, -0.1) is 0 Å². The fourth-order valence-electron chi connectivity index (χ4n) is 3.07. The van der Waals surface area contributed by atoms with Crippen molar-refractivity contribution in [1.29, 1.82) is 0 Å². The maximum Gasteiger partial charge on any atom is 0.132 e. The molecule has 0 amide bonds. The monoisotopic (exact) mass is 592 g/mol. The molecule has 140 valence electrons. The van der Waals surface area contributed by atoms with E-state index in [9.17, 15) is 0 Å². The number of halogens is 2. The SMILES string of the molecule is Ic1cc(OCc2ccccc2)c2c(OCc3ccccc3)cc(I)cc2c1.